The van der Waals surface area contributed by atoms with Crippen LogP contribution in [-0.4, -0.2) is 22.2 Å². The van der Waals surface area contributed by atoms with E-state index in [0.29, 0.717) is 11.2 Å². The first-order valence-electron chi connectivity index (χ1n) is 7.05. The number of thiophene rings is 1. The van der Waals surface area contributed by atoms with Crippen LogP contribution in [0.25, 0.3) is 10.1 Å². The largest absolute Gasteiger partial charge is 0.310 e. The van der Waals surface area contributed by atoms with E-state index in [1.165, 1.54) is 21.6 Å². The SMILES string of the molecule is O=C(Cn1ncc2ccsc2c1=O)N1CCc2ccccc21. The maximum absolute atomic E-state index is 12.5. The van der Waals surface area contributed by atoms with Gasteiger partial charge in [-0.25, -0.2) is 4.68 Å². The molecule has 0 unspecified atom stereocenters. The number of carbonyl (C=O) groups excluding carboxylic acids is 1. The number of hydrogen-bond donors (Lipinski definition) is 0. The zero-order valence-electron chi connectivity index (χ0n) is 11.7. The first-order valence-corrected chi connectivity index (χ1v) is 7.93. The van der Waals surface area contributed by atoms with Gasteiger partial charge >= 0.3 is 0 Å². The van der Waals surface area contributed by atoms with Gasteiger partial charge in [0.15, 0.2) is 0 Å². The first-order chi connectivity index (χ1) is 10.7. The lowest BCUT2D eigenvalue weighted by molar-refractivity contribution is -0.119. The topological polar surface area (TPSA) is 55.2 Å². The Morgan fingerprint density at radius 2 is 2.14 bits per heavy atom. The number of nitrogens with zero attached hydrogens (tertiary/aromatic N) is 3. The molecule has 1 aromatic carbocycles. The van der Waals surface area contributed by atoms with Gasteiger partial charge in [-0.1, -0.05) is 18.2 Å². The minimum absolute atomic E-state index is 0.0268. The van der Waals surface area contributed by atoms with Crippen LogP contribution in [0.5, 0.6) is 0 Å². The number of hydrogen-bond acceptors (Lipinski definition) is 4. The van der Waals surface area contributed by atoms with E-state index >= 15 is 0 Å². The minimum Gasteiger partial charge on any atom is -0.310 e. The van der Waals surface area contributed by atoms with Crippen molar-refractivity contribution in [1.82, 2.24) is 9.78 Å². The second kappa shape index (κ2) is 5.06. The van der Waals surface area contributed by atoms with Crippen LogP contribution in [0.4, 0.5) is 5.69 Å². The Morgan fingerprint density at radius 1 is 1.27 bits per heavy atom. The monoisotopic (exact) mass is 311 g/mol. The van der Waals surface area contributed by atoms with E-state index in [0.717, 1.165) is 17.5 Å². The molecule has 2 aromatic heterocycles. The van der Waals surface area contributed by atoms with Crippen LogP contribution in [0.3, 0.4) is 0 Å². The summed E-state index contributed by atoms with van der Waals surface area (Å²) < 4.78 is 1.90. The molecule has 0 radical (unpaired) electrons. The molecule has 110 valence electrons. The Balaban J connectivity index is 1.64. The van der Waals surface area contributed by atoms with E-state index in [-0.39, 0.29) is 18.0 Å². The molecule has 1 aliphatic heterocycles. The van der Waals surface area contributed by atoms with Crippen LogP contribution in [0.2, 0.25) is 0 Å². The highest BCUT2D eigenvalue weighted by molar-refractivity contribution is 7.17. The van der Waals surface area contributed by atoms with Gasteiger partial charge in [0.05, 0.1) is 6.20 Å². The van der Waals surface area contributed by atoms with Gasteiger partial charge in [0.1, 0.15) is 11.2 Å². The van der Waals surface area contributed by atoms with Crippen molar-refractivity contribution in [1.29, 1.82) is 0 Å². The van der Waals surface area contributed by atoms with Crippen LogP contribution in [0.1, 0.15) is 5.56 Å². The number of carbonyl (C=O) groups is 1. The van der Waals surface area contributed by atoms with E-state index in [4.69, 9.17) is 0 Å². The highest BCUT2D eigenvalue weighted by Crippen LogP contribution is 2.27. The fourth-order valence-electron chi connectivity index (χ4n) is 2.82. The molecule has 1 aliphatic rings. The van der Waals surface area contributed by atoms with Crippen molar-refractivity contribution in [2.45, 2.75) is 13.0 Å². The summed E-state index contributed by atoms with van der Waals surface area (Å²) in [6.45, 7) is 0.634. The summed E-state index contributed by atoms with van der Waals surface area (Å²) >= 11 is 1.38. The molecule has 1 amide bonds. The molecule has 0 fully saturated rings. The standard InChI is InChI=1S/C16H13N3O2S/c20-14(18-7-5-11-3-1-2-4-13(11)18)10-19-16(21)15-12(9-17-19)6-8-22-15/h1-4,6,8-9H,5,7,10H2. The number of fused-ring (bicyclic) bond motifs is 2. The van der Waals surface area contributed by atoms with E-state index in [2.05, 4.69) is 5.10 Å². The number of amides is 1. The van der Waals surface area contributed by atoms with Gasteiger partial charge in [0, 0.05) is 17.6 Å². The lowest BCUT2D eigenvalue weighted by atomic mass is 10.2. The first kappa shape index (κ1) is 13.2. The van der Waals surface area contributed by atoms with Crippen LogP contribution < -0.4 is 10.5 Å². The van der Waals surface area contributed by atoms with Gasteiger partial charge in [-0.3, -0.25) is 9.59 Å². The van der Waals surface area contributed by atoms with Crippen LogP contribution >= 0.6 is 11.3 Å². The average Bonchev–Trinajstić information content (AvgIpc) is 3.16. The van der Waals surface area contributed by atoms with Gasteiger partial charge in [-0.05, 0) is 29.5 Å². The molecule has 0 saturated carbocycles. The second-order valence-electron chi connectivity index (χ2n) is 5.24. The van der Waals surface area contributed by atoms with Crippen molar-refractivity contribution in [3.63, 3.8) is 0 Å². The number of benzene rings is 1. The molecular formula is C16H13N3O2S. The Labute approximate surface area is 130 Å². The smallest absolute Gasteiger partial charge is 0.285 e. The van der Waals surface area contributed by atoms with E-state index in [1.54, 1.807) is 11.1 Å². The predicted octanol–water partition coefficient (Wildman–Crippen LogP) is 2.05. The fraction of sp³-hybridized carbons (Fsp3) is 0.188. The van der Waals surface area contributed by atoms with Gasteiger partial charge in [0.25, 0.3) is 5.56 Å². The molecule has 22 heavy (non-hydrogen) atoms. The van der Waals surface area contributed by atoms with Gasteiger partial charge in [0.2, 0.25) is 5.91 Å². The van der Waals surface area contributed by atoms with Crippen LogP contribution in [0.15, 0.2) is 46.7 Å². The molecule has 0 atom stereocenters. The van der Waals surface area contributed by atoms with Crippen LogP contribution in [-0.2, 0) is 17.8 Å². The van der Waals surface area contributed by atoms with Crippen molar-refractivity contribution >= 4 is 33.0 Å². The third-order valence-electron chi connectivity index (χ3n) is 3.93. The third-order valence-corrected chi connectivity index (χ3v) is 4.85. The zero-order chi connectivity index (χ0) is 15.1. The van der Waals surface area contributed by atoms with E-state index < -0.39 is 0 Å². The van der Waals surface area contributed by atoms with Crippen molar-refractivity contribution in [2.75, 3.05) is 11.4 Å². The summed E-state index contributed by atoms with van der Waals surface area (Å²) in [5.41, 5.74) is 1.91. The number of aromatic nitrogens is 2. The normalized spacial score (nSPS) is 13.5. The average molecular weight is 311 g/mol. The van der Waals surface area contributed by atoms with Gasteiger partial charge < -0.3 is 4.90 Å². The summed E-state index contributed by atoms with van der Waals surface area (Å²) in [7, 11) is 0. The third kappa shape index (κ3) is 2.03. The Kier molecular flexibility index (Phi) is 3.04. The molecule has 0 spiro atoms. The molecule has 0 aliphatic carbocycles. The molecule has 3 heterocycles. The van der Waals surface area contributed by atoms with Gasteiger partial charge in [-0.2, -0.15) is 5.10 Å². The second-order valence-corrected chi connectivity index (χ2v) is 6.15. The van der Waals surface area contributed by atoms with Crippen LogP contribution in [0, 0.1) is 0 Å². The lowest BCUT2D eigenvalue weighted by Crippen LogP contribution is -2.36. The van der Waals surface area contributed by atoms with Crippen molar-refractivity contribution in [3.05, 3.63) is 57.8 Å². The lowest BCUT2D eigenvalue weighted by Gasteiger charge is -2.17. The molecule has 0 bridgehead atoms. The summed E-state index contributed by atoms with van der Waals surface area (Å²) in [5.74, 6) is -0.101. The van der Waals surface area contributed by atoms with Crippen molar-refractivity contribution in [3.8, 4) is 0 Å². The van der Waals surface area contributed by atoms with E-state index in [9.17, 15) is 9.59 Å². The Morgan fingerprint density at radius 3 is 3.05 bits per heavy atom. The number of rotatable bonds is 2. The predicted molar refractivity (Wildman–Crippen MR) is 86.4 cm³/mol. The maximum Gasteiger partial charge on any atom is 0.285 e. The number of anilines is 1. The van der Waals surface area contributed by atoms with E-state index in [1.807, 2.05) is 35.7 Å². The minimum atomic E-state index is -0.201. The summed E-state index contributed by atoms with van der Waals surface area (Å²) in [5, 5.41) is 6.79. The number of para-hydroxylation sites is 1. The summed E-state index contributed by atoms with van der Waals surface area (Å²) in [6, 6.07) is 9.73. The molecule has 0 N–H and O–H groups in total. The Bertz CT molecular complexity index is 928. The molecule has 4 rings (SSSR count). The molecule has 5 nitrogen and oxygen atoms in total. The Hall–Kier alpha value is -2.47. The molecular weight excluding hydrogens is 298 g/mol. The van der Waals surface area contributed by atoms with Gasteiger partial charge in [-0.15, -0.1) is 11.3 Å². The summed E-state index contributed by atoms with van der Waals surface area (Å²) in [6.07, 6.45) is 2.49. The maximum atomic E-state index is 12.5. The highest BCUT2D eigenvalue weighted by atomic mass is 32.1. The summed E-state index contributed by atoms with van der Waals surface area (Å²) in [4.78, 5) is 26.6. The quantitative estimate of drug-likeness (QED) is 0.728. The fourth-order valence-corrected chi connectivity index (χ4v) is 3.63. The molecule has 6 heteroatoms. The highest BCUT2D eigenvalue weighted by Gasteiger charge is 2.24. The molecule has 3 aromatic rings. The van der Waals surface area contributed by atoms with Crippen molar-refractivity contribution in [2.24, 2.45) is 0 Å². The zero-order valence-corrected chi connectivity index (χ0v) is 12.5. The molecule has 0 saturated heterocycles. The van der Waals surface area contributed by atoms with Crippen molar-refractivity contribution < 1.29 is 4.79 Å².